The van der Waals surface area contributed by atoms with E-state index in [1.54, 1.807) is 12.4 Å². The minimum Gasteiger partial charge on any atom is -0.331 e. The third kappa shape index (κ3) is 2.14. The molecule has 0 unspecified atom stereocenters. The molecule has 0 spiro atoms. The van der Waals surface area contributed by atoms with Crippen molar-refractivity contribution in [1.82, 2.24) is 9.97 Å². The second kappa shape index (κ2) is 3.84. The molecule has 14 heavy (non-hydrogen) atoms. The summed E-state index contributed by atoms with van der Waals surface area (Å²) in [4.78, 5) is 7.08. The number of H-pyrrole nitrogens is 1. The van der Waals surface area contributed by atoms with Crippen LogP contribution < -0.4 is 5.32 Å². The summed E-state index contributed by atoms with van der Waals surface area (Å²) in [5, 5.41) is 3.17. The highest BCUT2D eigenvalue weighted by molar-refractivity contribution is 9.10. The Labute approximate surface area is 90.7 Å². The van der Waals surface area contributed by atoms with E-state index in [2.05, 4.69) is 50.3 Å². The Bertz CT molecular complexity index is 403. The van der Waals surface area contributed by atoms with Crippen LogP contribution >= 0.6 is 15.9 Å². The summed E-state index contributed by atoms with van der Waals surface area (Å²) in [7, 11) is 0. The number of aryl methyl sites for hydroxylation is 1. The molecule has 72 valence electrons. The van der Waals surface area contributed by atoms with Crippen LogP contribution in [0.15, 0.2) is 35.1 Å². The van der Waals surface area contributed by atoms with Crippen LogP contribution in [0, 0.1) is 6.92 Å². The van der Waals surface area contributed by atoms with E-state index in [0.29, 0.717) is 0 Å². The Hall–Kier alpha value is -1.29. The molecule has 0 amide bonds. The zero-order chi connectivity index (χ0) is 9.97. The highest BCUT2D eigenvalue weighted by atomic mass is 79.9. The molecule has 2 rings (SSSR count). The Balaban J connectivity index is 2.25. The number of anilines is 2. The molecule has 0 saturated heterocycles. The average molecular weight is 252 g/mol. The van der Waals surface area contributed by atoms with E-state index in [1.165, 1.54) is 5.56 Å². The maximum absolute atomic E-state index is 4.09. The Morgan fingerprint density at radius 3 is 2.86 bits per heavy atom. The average Bonchev–Trinajstić information content (AvgIpc) is 2.54. The maximum Gasteiger partial charge on any atom is 0.204 e. The van der Waals surface area contributed by atoms with Gasteiger partial charge < -0.3 is 10.3 Å². The van der Waals surface area contributed by atoms with Gasteiger partial charge in [0, 0.05) is 22.6 Å². The van der Waals surface area contributed by atoms with Crippen molar-refractivity contribution in [3.8, 4) is 0 Å². The smallest absolute Gasteiger partial charge is 0.204 e. The summed E-state index contributed by atoms with van der Waals surface area (Å²) < 4.78 is 1.06. The van der Waals surface area contributed by atoms with Gasteiger partial charge in [-0.3, -0.25) is 0 Å². The predicted octanol–water partition coefficient (Wildman–Crippen LogP) is 3.22. The van der Waals surface area contributed by atoms with Crippen LogP contribution in [-0.2, 0) is 0 Å². The first kappa shape index (κ1) is 9.27. The van der Waals surface area contributed by atoms with Crippen LogP contribution in [0.5, 0.6) is 0 Å². The second-order valence-electron chi connectivity index (χ2n) is 3.08. The van der Waals surface area contributed by atoms with Crippen molar-refractivity contribution in [2.45, 2.75) is 6.92 Å². The van der Waals surface area contributed by atoms with Crippen molar-refractivity contribution in [3.63, 3.8) is 0 Å². The molecule has 1 heterocycles. The zero-order valence-electron chi connectivity index (χ0n) is 7.71. The van der Waals surface area contributed by atoms with Gasteiger partial charge >= 0.3 is 0 Å². The van der Waals surface area contributed by atoms with E-state index in [-0.39, 0.29) is 0 Å². The van der Waals surface area contributed by atoms with Gasteiger partial charge in [0.2, 0.25) is 5.95 Å². The monoisotopic (exact) mass is 251 g/mol. The highest BCUT2D eigenvalue weighted by Crippen LogP contribution is 2.20. The van der Waals surface area contributed by atoms with Crippen LogP contribution in [0.2, 0.25) is 0 Å². The van der Waals surface area contributed by atoms with Gasteiger partial charge in [-0.1, -0.05) is 15.9 Å². The zero-order valence-corrected chi connectivity index (χ0v) is 9.30. The normalized spacial score (nSPS) is 10.1. The van der Waals surface area contributed by atoms with Crippen molar-refractivity contribution >= 4 is 27.6 Å². The van der Waals surface area contributed by atoms with Crippen LogP contribution in [0.3, 0.4) is 0 Å². The van der Waals surface area contributed by atoms with E-state index < -0.39 is 0 Å². The number of rotatable bonds is 2. The Morgan fingerprint density at radius 2 is 2.21 bits per heavy atom. The van der Waals surface area contributed by atoms with Gasteiger partial charge in [-0.25, -0.2) is 4.98 Å². The molecule has 0 radical (unpaired) electrons. The molecule has 0 saturated carbocycles. The summed E-state index contributed by atoms with van der Waals surface area (Å²) >= 11 is 3.45. The molecular formula is C10H10BrN3. The van der Waals surface area contributed by atoms with Crippen molar-refractivity contribution in [3.05, 3.63) is 40.6 Å². The van der Waals surface area contributed by atoms with Gasteiger partial charge in [0.05, 0.1) is 0 Å². The van der Waals surface area contributed by atoms with Gasteiger partial charge in [0.1, 0.15) is 0 Å². The van der Waals surface area contributed by atoms with E-state index >= 15 is 0 Å². The fraction of sp³-hybridized carbons (Fsp3) is 0.100. The van der Waals surface area contributed by atoms with Crippen LogP contribution in [0.4, 0.5) is 11.6 Å². The van der Waals surface area contributed by atoms with E-state index in [1.807, 2.05) is 6.07 Å². The van der Waals surface area contributed by atoms with E-state index in [4.69, 9.17) is 0 Å². The standard InChI is InChI=1S/C10H10BrN3/c1-7-4-8(11)6-9(5-7)14-10-12-2-3-13-10/h2-6H,1H3,(H2,12,13,14). The summed E-state index contributed by atoms with van der Waals surface area (Å²) in [5.41, 5.74) is 2.22. The van der Waals surface area contributed by atoms with Gasteiger partial charge in [-0.05, 0) is 30.7 Å². The molecular weight excluding hydrogens is 242 g/mol. The number of hydrogen-bond acceptors (Lipinski definition) is 2. The number of nitrogens with one attached hydrogen (secondary N) is 2. The van der Waals surface area contributed by atoms with Gasteiger partial charge in [0.15, 0.2) is 0 Å². The molecule has 0 aliphatic rings. The predicted molar refractivity (Wildman–Crippen MR) is 60.7 cm³/mol. The molecule has 3 nitrogen and oxygen atoms in total. The van der Waals surface area contributed by atoms with Crippen LogP contribution in [0.25, 0.3) is 0 Å². The molecule has 1 aromatic carbocycles. The van der Waals surface area contributed by atoms with E-state index in [0.717, 1.165) is 16.1 Å². The van der Waals surface area contributed by atoms with Crippen molar-refractivity contribution < 1.29 is 0 Å². The van der Waals surface area contributed by atoms with Gasteiger partial charge in [0.25, 0.3) is 0 Å². The fourth-order valence-corrected chi connectivity index (χ4v) is 1.89. The fourth-order valence-electron chi connectivity index (χ4n) is 1.28. The molecule has 0 fully saturated rings. The van der Waals surface area contributed by atoms with Gasteiger partial charge in [-0.2, -0.15) is 0 Å². The first-order valence-corrected chi connectivity index (χ1v) is 5.07. The highest BCUT2D eigenvalue weighted by Gasteiger charge is 1.98. The first-order valence-electron chi connectivity index (χ1n) is 4.27. The summed E-state index contributed by atoms with van der Waals surface area (Å²) in [6, 6.07) is 6.14. The topological polar surface area (TPSA) is 40.7 Å². The van der Waals surface area contributed by atoms with Crippen LogP contribution in [-0.4, -0.2) is 9.97 Å². The lowest BCUT2D eigenvalue weighted by Crippen LogP contribution is -1.92. The number of nitrogens with zero attached hydrogens (tertiary/aromatic N) is 1. The summed E-state index contributed by atoms with van der Waals surface area (Å²) in [5.74, 6) is 0.752. The van der Waals surface area contributed by atoms with Crippen molar-refractivity contribution in [2.75, 3.05) is 5.32 Å². The molecule has 0 atom stereocenters. The lowest BCUT2D eigenvalue weighted by Gasteiger charge is -2.04. The van der Waals surface area contributed by atoms with Crippen molar-refractivity contribution in [1.29, 1.82) is 0 Å². The minimum atomic E-state index is 0.752. The number of imidazole rings is 1. The number of halogens is 1. The molecule has 4 heteroatoms. The molecule has 0 aliphatic carbocycles. The number of aromatic nitrogens is 2. The largest absolute Gasteiger partial charge is 0.331 e. The molecule has 2 aromatic rings. The summed E-state index contributed by atoms with van der Waals surface area (Å²) in [6.07, 6.45) is 3.50. The number of hydrogen-bond donors (Lipinski definition) is 2. The third-order valence-corrected chi connectivity index (χ3v) is 2.26. The lowest BCUT2D eigenvalue weighted by molar-refractivity contribution is 1.28. The Morgan fingerprint density at radius 1 is 1.36 bits per heavy atom. The number of benzene rings is 1. The third-order valence-electron chi connectivity index (χ3n) is 1.80. The second-order valence-corrected chi connectivity index (χ2v) is 4.00. The molecule has 0 aliphatic heterocycles. The maximum atomic E-state index is 4.09. The quantitative estimate of drug-likeness (QED) is 0.861. The number of aromatic amines is 1. The minimum absolute atomic E-state index is 0.752. The molecule has 0 bridgehead atoms. The van der Waals surface area contributed by atoms with Crippen molar-refractivity contribution in [2.24, 2.45) is 0 Å². The van der Waals surface area contributed by atoms with Crippen LogP contribution in [0.1, 0.15) is 5.56 Å². The van der Waals surface area contributed by atoms with E-state index in [9.17, 15) is 0 Å². The Kier molecular flexibility index (Phi) is 2.54. The van der Waals surface area contributed by atoms with Gasteiger partial charge in [-0.15, -0.1) is 0 Å². The summed E-state index contributed by atoms with van der Waals surface area (Å²) in [6.45, 7) is 2.05. The lowest BCUT2D eigenvalue weighted by atomic mass is 10.2. The first-order chi connectivity index (χ1) is 6.74. The molecule has 1 aromatic heterocycles. The molecule has 2 N–H and O–H groups in total. The SMILES string of the molecule is Cc1cc(Br)cc(Nc2ncc[nH]2)c1.